The topological polar surface area (TPSA) is 78.9 Å². The highest BCUT2D eigenvalue weighted by molar-refractivity contribution is 5.71. The fourth-order valence-electron chi connectivity index (χ4n) is 8.55. The summed E-state index contributed by atoms with van der Waals surface area (Å²) in [5, 5.41) is 0. The minimum atomic E-state index is -0.822. The molecule has 0 aliphatic heterocycles. The van der Waals surface area contributed by atoms with E-state index < -0.39 is 6.10 Å². The summed E-state index contributed by atoms with van der Waals surface area (Å²) < 4.78 is 16.8. The highest BCUT2D eigenvalue weighted by Crippen LogP contribution is 2.15. The number of hydrogen-bond donors (Lipinski definition) is 0. The van der Waals surface area contributed by atoms with Gasteiger partial charge in [0.2, 0.25) is 0 Å². The van der Waals surface area contributed by atoms with Gasteiger partial charge in [0.25, 0.3) is 0 Å². The SMILES string of the molecule is CC/C=C\C/C=C\C/C=C\C/C=C\C/C=C\C/C=C\CCCCCCCCC(=O)OCC(COC(=O)CC/C=C\C/C=C\C/C=C\C/C=C\CC)OC(=O)CCCCCCCCCCCCC/C=C\C/C=C\CCCCCCC. The maximum atomic E-state index is 12.9. The molecule has 1 atom stereocenters. The molecule has 79 heavy (non-hydrogen) atoms. The normalized spacial score (nSPS) is 13.1. The van der Waals surface area contributed by atoms with Gasteiger partial charge in [-0.25, -0.2) is 0 Å². The van der Waals surface area contributed by atoms with Gasteiger partial charge in [0.05, 0.1) is 0 Å². The van der Waals surface area contributed by atoms with E-state index in [1.165, 1.54) is 109 Å². The standard InChI is InChI=1S/C73H118O6/c1-4-7-10-13-16-19-22-25-27-29-31-33-35-36-38-39-41-43-45-48-51-54-57-60-63-66-72(75)78-69-70(68-77-71(74)65-62-59-56-53-50-47-24-21-18-15-12-9-6-3)79-73(76)67-64-61-58-55-52-49-46-44-42-40-37-34-32-30-28-26-23-20-17-14-11-8-5-2/h7,9-10,12,16,18-19,21,23,25-27,30-33,36,38,41,43,47,50,56,59,70H,4-6,8,11,13-15,17,20,22,24,28-29,34-35,37,39-40,42,44-46,48-49,51-55,57-58,60-69H2,1-3H3/b10-7-,12-9-,19-16-,21-18-,26-23-,27-25-,32-30-,33-31-,38-36-,43-41-,50-47-,59-56-. The molecule has 0 aromatic heterocycles. The smallest absolute Gasteiger partial charge is 0.306 e. The van der Waals surface area contributed by atoms with Crippen LogP contribution in [0, 0.1) is 0 Å². The van der Waals surface area contributed by atoms with E-state index in [0.717, 1.165) is 122 Å². The molecule has 0 bridgehead atoms. The first kappa shape index (κ1) is 74.3. The Morgan fingerprint density at radius 2 is 0.519 bits per heavy atom. The fraction of sp³-hybridized carbons (Fsp3) is 0.630. The highest BCUT2D eigenvalue weighted by Gasteiger charge is 2.19. The van der Waals surface area contributed by atoms with E-state index in [1.54, 1.807) is 0 Å². The summed E-state index contributed by atoms with van der Waals surface area (Å²) in [5.41, 5.74) is 0. The van der Waals surface area contributed by atoms with Crippen LogP contribution in [0.1, 0.15) is 278 Å². The van der Waals surface area contributed by atoms with Crippen molar-refractivity contribution in [3.63, 3.8) is 0 Å². The zero-order valence-corrected chi connectivity index (χ0v) is 51.1. The lowest BCUT2D eigenvalue weighted by atomic mass is 10.0. The first-order valence-corrected chi connectivity index (χ1v) is 32.3. The molecule has 0 amide bonds. The van der Waals surface area contributed by atoms with Crippen LogP contribution in [0.15, 0.2) is 146 Å². The van der Waals surface area contributed by atoms with E-state index in [4.69, 9.17) is 14.2 Å². The van der Waals surface area contributed by atoms with Gasteiger partial charge in [-0.1, -0.05) is 276 Å². The van der Waals surface area contributed by atoms with Crippen LogP contribution in [0.3, 0.4) is 0 Å². The third-order valence-corrected chi connectivity index (χ3v) is 13.3. The van der Waals surface area contributed by atoms with Crippen LogP contribution in [-0.2, 0) is 28.6 Å². The Morgan fingerprint density at radius 1 is 0.266 bits per heavy atom. The molecule has 0 rings (SSSR count). The van der Waals surface area contributed by atoms with Crippen molar-refractivity contribution in [3.05, 3.63) is 146 Å². The molecule has 0 N–H and O–H groups in total. The summed E-state index contributed by atoms with van der Waals surface area (Å²) in [6.07, 6.45) is 94.4. The van der Waals surface area contributed by atoms with Crippen LogP contribution < -0.4 is 0 Å². The monoisotopic (exact) mass is 1090 g/mol. The molecular weight excluding hydrogens is 973 g/mol. The molecule has 6 heteroatoms. The summed E-state index contributed by atoms with van der Waals surface area (Å²) in [7, 11) is 0. The van der Waals surface area contributed by atoms with Gasteiger partial charge in [0, 0.05) is 19.3 Å². The zero-order valence-electron chi connectivity index (χ0n) is 51.1. The third kappa shape index (κ3) is 64.0. The lowest BCUT2D eigenvalue weighted by Crippen LogP contribution is -2.30. The first-order chi connectivity index (χ1) is 39.0. The van der Waals surface area contributed by atoms with Crippen LogP contribution in [0.2, 0.25) is 0 Å². The molecule has 0 aromatic carbocycles. The summed E-state index contributed by atoms with van der Waals surface area (Å²) in [4.78, 5) is 38.3. The molecule has 0 aromatic rings. The molecule has 1 unspecified atom stereocenters. The lowest BCUT2D eigenvalue weighted by molar-refractivity contribution is -0.166. The average molecular weight is 1090 g/mol. The number of allylic oxidation sites excluding steroid dienone is 24. The summed E-state index contributed by atoms with van der Waals surface area (Å²) >= 11 is 0. The van der Waals surface area contributed by atoms with Crippen molar-refractivity contribution >= 4 is 17.9 Å². The van der Waals surface area contributed by atoms with E-state index in [-0.39, 0.29) is 37.5 Å². The molecule has 446 valence electrons. The van der Waals surface area contributed by atoms with Crippen molar-refractivity contribution in [1.82, 2.24) is 0 Å². The number of hydrogen-bond acceptors (Lipinski definition) is 6. The van der Waals surface area contributed by atoms with Crippen molar-refractivity contribution in [2.75, 3.05) is 13.2 Å². The number of ether oxygens (including phenoxy) is 3. The molecule has 0 heterocycles. The Kier molecular flexibility index (Phi) is 61.9. The lowest BCUT2D eigenvalue weighted by Gasteiger charge is -2.18. The molecule has 6 nitrogen and oxygen atoms in total. The van der Waals surface area contributed by atoms with Crippen LogP contribution in [-0.4, -0.2) is 37.2 Å². The molecule has 0 radical (unpaired) electrons. The van der Waals surface area contributed by atoms with Gasteiger partial charge < -0.3 is 14.2 Å². The summed E-state index contributed by atoms with van der Waals surface area (Å²) in [6, 6.07) is 0. The zero-order chi connectivity index (χ0) is 57.1. The maximum Gasteiger partial charge on any atom is 0.306 e. The number of carbonyl (C=O) groups excluding carboxylic acids is 3. The Balaban J connectivity index is 4.42. The highest BCUT2D eigenvalue weighted by atomic mass is 16.6. The Hall–Kier alpha value is -4.71. The Labute approximate surface area is 487 Å². The number of carbonyl (C=O) groups is 3. The van der Waals surface area contributed by atoms with Gasteiger partial charge >= 0.3 is 17.9 Å². The number of unbranched alkanes of at least 4 members (excludes halogenated alkanes) is 22. The van der Waals surface area contributed by atoms with Crippen LogP contribution in [0.25, 0.3) is 0 Å². The van der Waals surface area contributed by atoms with Gasteiger partial charge in [-0.05, 0) is 128 Å². The van der Waals surface area contributed by atoms with Gasteiger partial charge in [-0.15, -0.1) is 0 Å². The largest absolute Gasteiger partial charge is 0.462 e. The molecule has 0 aliphatic carbocycles. The molecule has 0 saturated heterocycles. The number of rotatable bonds is 57. The molecule has 0 fully saturated rings. The molecular formula is C73H118O6. The van der Waals surface area contributed by atoms with Crippen LogP contribution >= 0.6 is 0 Å². The van der Waals surface area contributed by atoms with Crippen molar-refractivity contribution in [3.8, 4) is 0 Å². The molecule has 0 spiro atoms. The number of esters is 3. The second kappa shape index (κ2) is 65.8. The van der Waals surface area contributed by atoms with Crippen LogP contribution in [0.4, 0.5) is 0 Å². The Morgan fingerprint density at radius 3 is 0.848 bits per heavy atom. The van der Waals surface area contributed by atoms with E-state index in [1.807, 2.05) is 6.08 Å². The van der Waals surface area contributed by atoms with Gasteiger partial charge in [0.1, 0.15) is 13.2 Å². The summed E-state index contributed by atoms with van der Waals surface area (Å²) in [5.74, 6) is -1.01. The average Bonchev–Trinajstić information content (AvgIpc) is 3.45. The van der Waals surface area contributed by atoms with Crippen molar-refractivity contribution in [2.24, 2.45) is 0 Å². The van der Waals surface area contributed by atoms with E-state index in [9.17, 15) is 14.4 Å². The maximum absolute atomic E-state index is 12.9. The van der Waals surface area contributed by atoms with Gasteiger partial charge in [0.15, 0.2) is 6.10 Å². The minimum absolute atomic E-state index is 0.114. The van der Waals surface area contributed by atoms with Gasteiger partial charge in [-0.2, -0.15) is 0 Å². The quantitative estimate of drug-likeness (QED) is 0.0261. The predicted octanol–water partition coefficient (Wildman–Crippen LogP) is 22.3. The second-order valence-electron chi connectivity index (χ2n) is 20.9. The van der Waals surface area contributed by atoms with E-state index in [2.05, 4.69) is 161 Å². The van der Waals surface area contributed by atoms with Crippen molar-refractivity contribution < 1.29 is 28.6 Å². The van der Waals surface area contributed by atoms with Crippen LogP contribution in [0.5, 0.6) is 0 Å². The molecule has 0 aliphatic rings. The van der Waals surface area contributed by atoms with Crippen molar-refractivity contribution in [2.45, 2.75) is 284 Å². The summed E-state index contributed by atoms with van der Waals surface area (Å²) in [6.45, 7) is 6.33. The second-order valence-corrected chi connectivity index (χ2v) is 20.9. The third-order valence-electron chi connectivity index (χ3n) is 13.3. The Bertz CT molecular complexity index is 1730. The first-order valence-electron chi connectivity index (χ1n) is 32.3. The predicted molar refractivity (Wildman–Crippen MR) is 343 cm³/mol. The van der Waals surface area contributed by atoms with E-state index >= 15 is 0 Å². The van der Waals surface area contributed by atoms with Crippen molar-refractivity contribution in [1.29, 1.82) is 0 Å². The molecule has 0 saturated carbocycles. The fourth-order valence-corrected chi connectivity index (χ4v) is 8.55. The van der Waals surface area contributed by atoms with E-state index in [0.29, 0.717) is 19.3 Å². The van der Waals surface area contributed by atoms with Gasteiger partial charge in [-0.3, -0.25) is 14.4 Å². The minimum Gasteiger partial charge on any atom is -0.462 e.